The Hall–Kier alpha value is -6.66. The summed E-state index contributed by atoms with van der Waals surface area (Å²) in [5, 5.41) is 2.36. The highest BCUT2D eigenvalue weighted by molar-refractivity contribution is 6.08. The molecule has 0 atom stereocenters. The number of nitrogens with zero attached hydrogens (tertiary/aromatic N) is 6. The van der Waals surface area contributed by atoms with Crippen LogP contribution in [0.25, 0.3) is 84.5 Å². The predicted octanol–water partition coefficient (Wildman–Crippen LogP) is 10.3. The Morgan fingerprint density at radius 3 is 1.92 bits per heavy atom. The van der Waals surface area contributed by atoms with Gasteiger partial charge in [0.2, 0.25) is 5.95 Å². The predicted molar refractivity (Wildman–Crippen MR) is 202 cm³/mol. The molecule has 6 heteroatoms. The summed E-state index contributed by atoms with van der Waals surface area (Å²) >= 11 is 0. The molecule has 5 aromatic carbocycles. The van der Waals surface area contributed by atoms with Crippen LogP contribution in [0, 0.1) is 0 Å². The van der Waals surface area contributed by atoms with Crippen LogP contribution in [0.3, 0.4) is 0 Å². The van der Waals surface area contributed by atoms with Crippen molar-refractivity contribution in [2.45, 2.75) is 12.8 Å². The second-order valence-corrected chi connectivity index (χ2v) is 12.7. The summed E-state index contributed by atoms with van der Waals surface area (Å²) in [5.74, 6) is 1.92. The van der Waals surface area contributed by atoms with Crippen molar-refractivity contribution in [3.8, 4) is 45.5 Å². The van der Waals surface area contributed by atoms with Crippen molar-refractivity contribution in [2.24, 2.45) is 0 Å². The number of hydrogen-bond acceptors (Lipinski definition) is 4. The van der Waals surface area contributed by atoms with Gasteiger partial charge < -0.3 is 4.57 Å². The molecule has 1 aliphatic rings. The first kappa shape index (κ1) is 28.4. The molecule has 0 spiro atoms. The van der Waals surface area contributed by atoms with E-state index in [0.29, 0.717) is 17.6 Å². The third kappa shape index (κ3) is 4.57. The molecular formula is C44H30N6. The lowest BCUT2D eigenvalue weighted by Gasteiger charge is -2.13. The third-order valence-corrected chi connectivity index (χ3v) is 9.71. The molecule has 0 aliphatic heterocycles. The summed E-state index contributed by atoms with van der Waals surface area (Å²) in [4.78, 5) is 19.9. The highest BCUT2D eigenvalue weighted by Crippen LogP contribution is 2.38. The molecule has 236 valence electrons. The van der Waals surface area contributed by atoms with E-state index in [2.05, 4.69) is 94.1 Å². The normalized spacial score (nSPS) is 12.6. The van der Waals surface area contributed by atoms with Gasteiger partial charge in [0, 0.05) is 33.8 Å². The number of para-hydroxylation sites is 1. The zero-order valence-electron chi connectivity index (χ0n) is 27.1. The van der Waals surface area contributed by atoms with Gasteiger partial charge in [0.15, 0.2) is 11.6 Å². The van der Waals surface area contributed by atoms with Gasteiger partial charge in [-0.15, -0.1) is 0 Å². The summed E-state index contributed by atoms with van der Waals surface area (Å²) in [7, 11) is 0. The number of hydrogen-bond donors (Lipinski definition) is 0. The van der Waals surface area contributed by atoms with Crippen LogP contribution in [0.5, 0.6) is 0 Å². The Kier molecular flexibility index (Phi) is 6.52. The maximum Gasteiger partial charge on any atom is 0.238 e. The number of allylic oxidation sites excluding steroid dienone is 1. The number of benzene rings is 5. The average Bonchev–Trinajstić information content (AvgIpc) is 3.71. The second kappa shape index (κ2) is 11.5. The fourth-order valence-corrected chi connectivity index (χ4v) is 7.39. The number of rotatable bonds is 5. The van der Waals surface area contributed by atoms with Crippen molar-refractivity contribution < 1.29 is 0 Å². The van der Waals surface area contributed by atoms with Gasteiger partial charge in [0.1, 0.15) is 0 Å². The largest absolute Gasteiger partial charge is 0.308 e. The molecular weight excluding hydrogens is 613 g/mol. The minimum absolute atomic E-state index is 0.615. The highest BCUT2D eigenvalue weighted by atomic mass is 15.2. The maximum absolute atomic E-state index is 5.10. The number of aryl methyl sites for hydroxylation is 1. The van der Waals surface area contributed by atoms with E-state index in [9.17, 15) is 0 Å². The Morgan fingerprint density at radius 2 is 1.18 bits per heavy atom. The molecule has 0 amide bonds. The lowest BCUT2D eigenvalue weighted by atomic mass is 9.97. The van der Waals surface area contributed by atoms with Crippen LogP contribution < -0.4 is 0 Å². The first-order valence-corrected chi connectivity index (χ1v) is 17.0. The maximum atomic E-state index is 5.10. The van der Waals surface area contributed by atoms with E-state index >= 15 is 0 Å². The molecule has 0 saturated heterocycles. The molecule has 0 unspecified atom stereocenters. The molecule has 0 saturated carbocycles. The zero-order valence-corrected chi connectivity index (χ0v) is 27.1. The Morgan fingerprint density at radius 1 is 0.500 bits per heavy atom. The summed E-state index contributed by atoms with van der Waals surface area (Å²) < 4.78 is 4.53. The molecule has 4 aromatic heterocycles. The smallest absolute Gasteiger partial charge is 0.238 e. The van der Waals surface area contributed by atoms with E-state index in [1.807, 2.05) is 72.9 Å². The Bertz CT molecular complexity index is 2680. The van der Waals surface area contributed by atoms with Crippen molar-refractivity contribution in [1.29, 1.82) is 0 Å². The number of fused-ring (bicyclic) bond motifs is 6. The van der Waals surface area contributed by atoms with Crippen molar-refractivity contribution >= 4 is 38.9 Å². The summed E-state index contributed by atoms with van der Waals surface area (Å²) in [5.41, 5.74) is 12.1. The van der Waals surface area contributed by atoms with Gasteiger partial charge >= 0.3 is 0 Å². The molecule has 1 aliphatic carbocycles. The van der Waals surface area contributed by atoms with Crippen molar-refractivity contribution in [3.05, 3.63) is 163 Å². The lowest BCUT2D eigenvalue weighted by Crippen LogP contribution is -2.08. The fourth-order valence-electron chi connectivity index (χ4n) is 7.39. The molecule has 50 heavy (non-hydrogen) atoms. The van der Waals surface area contributed by atoms with Crippen LogP contribution in [-0.4, -0.2) is 29.1 Å². The highest BCUT2D eigenvalue weighted by Gasteiger charge is 2.23. The quantitative estimate of drug-likeness (QED) is 0.187. The minimum Gasteiger partial charge on any atom is -0.308 e. The number of aromatic nitrogens is 6. The van der Waals surface area contributed by atoms with Crippen molar-refractivity contribution in [3.63, 3.8) is 0 Å². The van der Waals surface area contributed by atoms with Gasteiger partial charge in [-0.25, -0.2) is 4.98 Å². The number of pyridine rings is 1. The van der Waals surface area contributed by atoms with E-state index < -0.39 is 0 Å². The topological polar surface area (TPSA) is 61.4 Å². The molecule has 6 nitrogen and oxygen atoms in total. The summed E-state index contributed by atoms with van der Waals surface area (Å²) in [6, 6.07) is 48.5. The van der Waals surface area contributed by atoms with E-state index in [-0.39, 0.29) is 0 Å². The van der Waals surface area contributed by atoms with Gasteiger partial charge in [-0.3, -0.25) is 9.55 Å². The van der Waals surface area contributed by atoms with E-state index in [1.54, 1.807) is 0 Å². The molecule has 10 rings (SSSR count). The standard InChI is InChI=1S/C44H30N6/c1-4-13-29(14-5-1)42-46-43(30-15-6-2-7-16-30)48-44(47-42)50-37-20-11-10-19-34(37)36-27-31(23-25-38(36)50)32-22-24-35-40(28-32)49(33-17-8-3-9-18-33)39-21-12-26-45-41(35)39/h1-9,11-18,20-28H,10,19H2. The van der Waals surface area contributed by atoms with Crippen LogP contribution >= 0.6 is 0 Å². The first-order chi connectivity index (χ1) is 24.8. The van der Waals surface area contributed by atoms with Crippen LogP contribution in [-0.2, 0) is 6.42 Å². The molecule has 0 radical (unpaired) electrons. The Labute approximate surface area is 288 Å². The van der Waals surface area contributed by atoms with E-state index in [1.165, 1.54) is 10.9 Å². The monoisotopic (exact) mass is 642 g/mol. The van der Waals surface area contributed by atoms with E-state index in [0.717, 1.165) is 73.9 Å². The zero-order chi connectivity index (χ0) is 33.0. The molecule has 4 heterocycles. The van der Waals surface area contributed by atoms with Crippen LogP contribution in [0.4, 0.5) is 0 Å². The average molecular weight is 643 g/mol. The van der Waals surface area contributed by atoms with Crippen LogP contribution in [0.15, 0.2) is 152 Å². The second-order valence-electron chi connectivity index (χ2n) is 12.7. The third-order valence-electron chi connectivity index (χ3n) is 9.71. The van der Waals surface area contributed by atoms with Crippen molar-refractivity contribution in [1.82, 2.24) is 29.1 Å². The van der Waals surface area contributed by atoms with Gasteiger partial charge in [0.05, 0.1) is 27.8 Å². The first-order valence-electron chi connectivity index (χ1n) is 17.0. The van der Waals surface area contributed by atoms with E-state index in [4.69, 9.17) is 19.9 Å². The van der Waals surface area contributed by atoms with Crippen molar-refractivity contribution in [2.75, 3.05) is 0 Å². The lowest BCUT2D eigenvalue weighted by molar-refractivity contribution is 0.902. The van der Waals surface area contributed by atoms with Gasteiger partial charge in [-0.05, 0) is 84.1 Å². The minimum atomic E-state index is 0.615. The van der Waals surface area contributed by atoms with Gasteiger partial charge in [0.25, 0.3) is 0 Å². The molecule has 0 bridgehead atoms. The summed E-state index contributed by atoms with van der Waals surface area (Å²) in [6.07, 6.45) is 8.30. The Balaban J connectivity index is 1.17. The molecule has 0 N–H and O–H groups in total. The van der Waals surface area contributed by atoms with Crippen LogP contribution in [0.1, 0.15) is 17.7 Å². The SMILES string of the molecule is C1=Cc2c(c3cc(-c4ccc5c6ncccc6n(-c6ccccc6)c5c4)ccc3n2-c2nc(-c3ccccc3)nc(-c3ccccc3)n2)CC1. The molecule has 0 fully saturated rings. The molecule has 9 aromatic rings. The van der Waals surface area contributed by atoms with Gasteiger partial charge in [-0.2, -0.15) is 9.97 Å². The fraction of sp³-hybridized carbons (Fsp3) is 0.0455. The summed E-state index contributed by atoms with van der Waals surface area (Å²) in [6.45, 7) is 0. The van der Waals surface area contributed by atoms with Crippen LogP contribution in [0.2, 0.25) is 0 Å². The van der Waals surface area contributed by atoms with Gasteiger partial charge in [-0.1, -0.05) is 97.1 Å².